The maximum atomic E-state index is 11.2. The van der Waals surface area contributed by atoms with Gasteiger partial charge in [-0.3, -0.25) is 4.98 Å². The number of aromatic amines is 2. The van der Waals surface area contributed by atoms with E-state index in [1.54, 1.807) is 0 Å². The van der Waals surface area contributed by atoms with Crippen LogP contribution in [0.25, 0.3) is 0 Å². The molecule has 7 nitrogen and oxygen atoms in total. The van der Waals surface area contributed by atoms with Gasteiger partial charge in [0.2, 0.25) is 0 Å². The van der Waals surface area contributed by atoms with E-state index >= 15 is 0 Å². The Bertz CT molecular complexity index is 522. The van der Waals surface area contributed by atoms with Crippen molar-refractivity contribution >= 4 is 5.97 Å². The fourth-order valence-electron chi connectivity index (χ4n) is 2.92. The van der Waals surface area contributed by atoms with Crippen LogP contribution in [-0.2, 0) is 6.54 Å². The van der Waals surface area contributed by atoms with Gasteiger partial charge >= 0.3 is 11.7 Å². The molecule has 1 aliphatic rings. The normalized spacial score (nSPS) is 20.4. The monoisotopic (exact) mass is 282 g/mol. The van der Waals surface area contributed by atoms with E-state index in [4.69, 9.17) is 5.11 Å². The second kappa shape index (κ2) is 6.23. The summed E-state index contributed by atoms with van der Waals surface area (Å²) in [4.78, 5) is 31.5. The number of likely N-dealkylation sites (tertiary alicyclic amines) is 1. The molecule has 1 aromatic rings. The van der Waals surface area contributed by atoms with Gasteiger partial charge in [-0.2, -0.15) is 0 Å². The number of carboxylic acids is 1. The summed E-state index contributed by atoms with van der Waals surface area (Å²) < 4.78 is 0. The molecule has 0 spiro atoms. The lowest BCUT2D eigenvalue weighted by molar-refractivity contribution is 0.0688. The number of aromatic nitrogens is 2. The van der Waals surface area contributed by atoms with Crippen LogP contribution in [0.4, 0.5) is 0 Å². The van der Waals surface area contributed by atoms with E-state index in [1.807, 2.05) is 7.05 Å². The van der Waals surface area contributed by atoms with Gasteiger partial charge in [-0.25, -0.2) is 9.59 Å². The summed E-state index contributed by atoms with van der Waals surface area (Å²) in [6.45, 7) is 3.55. The molecule has 1 fully saturated rings. The van der Waals surface area contributed by atoms with E-state index in [9.17, 15) is 9.59 Å². The molecule has 0 saturated carbocycles. The highest BCUT2D eigenvalue weighted by Crippen LogP contribution is 2.16. The predicted molar refractivity (Wildman–Crippen MR) is 74.9 cm³/mol. The zero-order chi connectivity index (χ0) is 14.7. The molecule has 0 amide bonds. The molecule has 2 heterocycles. The summed E-state index contributed by atoms with van der Waals surface area (Å²) in [5.74, 6) is -0.512. The SMILES string of the molecule is CN1CCCC(CN(C)Cc2[nH]c(=O)[nH]c2C(=O)O)C1. The highest BCUT2D eigenvalue weighted by atomic mass is 16.4. The van der Waals surface area contributed by atoms with Crippen molar-refractivity contribution in [3.8, 4) is 0 Å². The average Bonchev–Trinajstić information content (AvgIpc) is 2.70. The first-order valence-corrected chi connectivity index (χ1v) is 6.87. The molecule has 1 aliphatic heterocycles. The van der Waals surface area contributed by atoms with Crippen molar-refractivity contribution in [2.75, 3.05) is 33.7 Å². The van der Waals surface area contributed by atoms with Crippen molar-refractivity contribution in [1.29, 1.82) is 0 Å². The van der Waals surface area contributed by atoms with E-state index < -0.39 is 11.7 Å². The number of nitrogens with zero attached hydrogens (tertiary/aromatic N) is 2. The number of piperidine rings is 1. The van der Waals surface area contributed by atoms with Crippen LogP contribution in [0, 0.1) is 5.92 Å². The van der Waals surface area contributed by atoms with Gasteiger partial charge in [0.15, 0.2) is 0 Å². The molecule has 1 aromatic heterocycles. The van der Waals surface area contributed by atoms with E-state index in [2.05, 4.69) is 26.8 Å². The maximum absolute atomic E-state index is 11.2. The minimum atomic E-state index is -1.11. The van der Waals surface area contributed by atoms with Crippen LogP contribution in [-0.4, -0.2) is 64.6 Å². The van der Waals surface area contributed by atoms with Crippen LogP contribution in [0.2, 0.25) is 0 Å². The number of aromatic carboxylic acids is 1. The Hall–Kier alpha value is -1.60. The second-order valence-electron chi connectivity index (χ2n) is 5.71. The first-order chi connectivity index (χ1) is 9.45. The summed E-state index contributed by atoms with van der Waals surface area (Å²) in [7, 11) is 4.07. The highest BCUT2D eigenvalue weighted by molar-refractivity contribution is 5.86. The molecule has 0 bridgehead atoms. The second-order valence-corrected chi connectivity index (χ2v) is 5.71. The Morgan fingerprint density at radius 3 is 2.90 bits per heavy atom. The van der Waals surface area contributed by atoms with Crippen molar-refractivity contribution in [3.05, 3.63) is 21.9 Å². The fourth-order valence-corrected chi connectivity index (χ4v) is 2.92. The minimum absolute atomic E-state index is 0.0392. The predicted octanol–water partition coefficient (Wildman–Crippen LogP) is 0.175. The molecule has 1 saturated heterocycles. The van der Waals surface area contributed by atoms with Gasteiger partial charge in [-0.15, -0.1) is 0 Å². The van der Waals surface area contributed by atoms with Gasteiger partial charge < -0.3 is 19.9 Å². The van der Waals surface area contributed by atoms with Crippen LogP contribution in [0.5, 0.6) is 0 Å². The zero-order valence-electron chi connectivity index (χ0n) is 12.0. The van der Waals surface area contributed by atoms with E-state index in [0.717, 1.165) is 19.6 Å². The summed E-state index contributed by atoms with van der Waals surface area (Å²) in [6, 6.07) is 0. The zero-order valence-corrected chi connectivity index (χ0v) is 12.0. The Labute approximate surface area is 117 Å². The Morgan fingerprint density at radius 2 is 2.25 bits per heavy atom. The Kier molecular flexibility index (Phi) is 4.61. The van der Waals surface area contributed by atoms with Gasteiger partial charge in [0.1, 0.15) is 5.69 Å². The number of rotatable bonds is 5. The summed E-state index contributed by atoms with van der Waals surface area (Å²) in [6.07, 6.45) is 2.40. The quantitative estimate of drug-likeness (QED) is 0.716. The third-order valence-corrected chi connectivity index (χ3v) is 3.74. The molecule has 0 aromatic carbocycles. The van der Waals surface area contributed by atoms with Gasteiger partial charge in [0.05, 0.1) is 5.69 Å². The van der Waals surface area contributed by atoms with E-state index in [-0.39, 0.29) is 5.69 Å². The van der Waals surface area contributed by atoms with Crippen molar-refractivity contribution in [2.24, 2.45) is 5.92 Å². The van der Waals surface area contributed by atoms with Gasteiger partial charge in [-0.05, 0) is 39.4 Å². The molecule has 1 unspecified atom stereocenters. The lowest BCUT2D eigenvalue weighted by Crippen LogP contribution is -2.38. The number of hydrogen-bond acceptors (Lipinski definition) is 4. The van der Waals surface area contributed by atoms with Crippen LogP contribution in [0.15, 0.2) is 4.79 Å². The standard InChI is InChI=1S/C13H22N4O3/c1-16-5-3-4-9(6-16)7-17(2)8-10-11(12(18)19)15-13(20)14-10/h9H,3-8H2,1-2H3,(H,18,19)(H2,14,15,20). The lowest BCUT2D eigenvalue weighted by atomic mass is 9.98. The topological polar surface area (TPSA) is 92.4 Å². The van der Waals surface area contributed by atoms with Crippen molar-refractivity contribution in [2.45, 2.75) is 19.4 Å². The molecule has 2 rings (SSSR count). The van der Waals surface area contributed by atoms with E-state index in [0.29, 0.717) is 18.2 Å². The van der Waals surface area contributed by atoms with Gasteiger partial charge in [-0.1, -0.05) is 0 Å². The van der Waals surface area contributed by atoms with Gasteiger partial charge in [0.25, 0.3) is 0 Å². The molecular weight excluding hydrogens is 260 g/mol. The van der Waals surface area contributed by atoms with Crippen molar-refractivity contribution in [3.63, 3.8) is 0 Å². The van der Waals surface area contributed by atoms with Crippen molar-refractivity contribution < 1.29 is 9.90 Å². The third-order valence-electron chi connectivity index (χ3n) is 3.74. The number of imidazole rings is 1. The summed E-state index contributed by atoms with van der Waals surface area (Å²) in [5, 5.41) is 9.03. The number of H-pyrrole nitrogens is 2. The van der Waals surface area contributed by atoms with E-state index in [1.165, 1.54) is 12.8 Å². The molecule has 7 heteroatoms. The van der Waals surface area contributed by atoms with Crippen LogP contribution in [0.3, 0.4) is 0 Å². The average molecular weight is 282 g/mol. The third kappa shape index (κ3) is 3.71. The minimum Gasteiger partial charge on any atom is -0.477 e. The van der Waals surface area contributed by atoms with Crippen LogP contribution >= 0.6 is 0 Å². The Balaban J connectivity index is 1.95. The molecule has 112 valence electrons. The first kappa shape index (κ1) is 14.8. The molecular formula is C13H22N4O3. The fraction of sp³-hybridized carbons (Fsp3) is 0.692. The van der Waals surface area contributed by atoms with Gasteiger partial charge in [0, 0.05) is 19.6 Å². The maximum Gasteiger partial charge on any atom is 0.354 e. The van der Waals surface area contributed by atoms with Crippen molar-refractivity contribution in [1.82, 2.24) is 19.8 Å². The molecule has 0 aliphatic carbocycles. The lowest BCUT2D eigenvalue weighted by Gasteiger charge is -2.32. The van der Waals surface area contributed by atoms with Crippen LogP contribution < -0.4 is 5.69 Å². The summed E-state index contributed by atoms with van der Waals surface area (Å²) in [5.41, 5.74) is -0.0695. The molecule has 20 heavy (non-hydrogen) atoms. The number of carboxylic acid groups (broad SMARTS) is 1. The number of nitrogens with one attached hydrogen (secondary N) is 2. The summed E-state index contributed by atoms with van der Waals surface area (Å²) >= 11 is 0. The Morgan fingerprint density at radius 1 is 1.50 bits per heavy atom. The number of carbonyl (C=O) groups is 1. The van der Waals surface area contributed by atoms with Crippen LogP contribution in [0.1, 0.15) is 29.0 Å². The molecule has 3 N–H and O–H groups in total. The first-order valence-electron chi connectivity index (χ1n) is 6.87. The molecule has 0 radical (unpaired) electrons. The number of hydrogen-bond donors (Lipinski definition) is 3. The smallest absolute Gasteiger partial charge is 0.354 e. The largest absolute Gasteiger partial charge is 0.477 e. The highest BCUT2D eigenvalue weighted by Gasteiger charge is 2.20. The molecule has 1 atom stereocenters.